The molecule has 1 aliphatic heterocycles. The van der Waals surface area contributed by atoms with Crippen LogP contribution in [-0.4, -0.2) is 41.5 Å². The first-order valence-corrected chi connectivity index (χ1v) is 12.6. The molecule has 180 valence electrons. The Balaban J connectivity index is 1.67. The second-order valence-corrected chi connectivity index (χ2v) is 9.68. The molecule has 3 rings (SSSR count). The molecule has 0 bridgehead atoms. The summed E-state index contributed by atoms with van der Waals surface area (Å²) in [5.41, 5.74) is 3.07. The standard InChI is InChI=1S/C26H28ClNO4S2/c1-5-11-28-25(29)23(34-26(28)33)16-19-14-20(27)24(22(15-19)30-6-2)32-13-8-12-31-21-10-7-9-17(3)18(21)4/h5,7,9-10,14-16H,1,6,8,11-13H2,2-4H3/b23-16+. The molecule has 1 saturated heterocycles. The van der Waals surface area contributed by atoms with Crippen molar-refractivity contribution in [1.29, 1.82) is 0 Å². The third-order valence-electron chi connectivity index (χ3n) is 5.16. The zero-order valence-corrected chi connectivity index (χ0v) is 21.9. The van der Waals surface area contributed by atoms with Crippen LogP contribution in [0.5, 0.6) is 17.2 Å². The van der Waals surface area contributed by atoms with Crippen molar-refractivity contribution >= 4 is 51.9 Å². The summed E-state index contributed by atoms with van der Waals surface area (Å²) in [6, 6.07) is 9.59. The molecular weight excluding hydrogens is 490 g/mol. The fraction of sp³-hybridized carbons (Fsp3) is 0.308. The summed E-state index contributed by atoms with van der Waals surface area (Å²) in [5, 5.41) is 0.411. The maximum atomic E-state index is 12.6. The lowest BCUT2D eigenvalue weighted by molar-refractivity contribution is -0.121. The molecule has 5 nitrogen and oxygen atoms in total. The van der Waals surface area contributed by atoms with Gasteiger partial charge in [-0.15, -0.1) is 6.58 Å². The van der Waals surface area contributed by atoms with Gasteiger partial charge in [0.15, 0.2) is 11.5 Å². The van der Waals surface area contributed by atoms with Gasteiger partial charge in [-0.3, -0.25) is 9.69 Å². The molecule has 1 heterocycles. The third-order valence-corrected chi connectivity index (χ3v) is 6.82. The first-order valence-electron chi connectivity index (χ1n) is 11.0. The van der Waals surface area contributed by atoms with E-state index in [2.05, 4.69) is 19.6 Å². The van der Waals surface area contributed by atoms with E-state index in [9.17, 15) is 4.79 Å². The molecule has 8 heteroatoms. The molecule has 0 aromatic heterocycles. The molecule has 0 aliphatic carbocycles. The highest BCUT2D eigenvalue weighted by Crippen LogP contribution is 2.39. The van der Waals surface area contributed by atoms with Gasteiger partial charge in [-0.05, 0) is 61.7 Å². The van der Waals surface area contributed by atoms with E-state index in [1.54, 1.807) is 18.2 Å². The summed E-state index contributed by atoms with van der Waals surface area (Å²) in [6.45, 7) is 11.5. The van der Waals surface area contributed by atoms with Crippen LogP contribution in [0.15, 0.2) is 47.9 Å². The summed E-state index contributed by atoms with van der Waals surface area (Å²) in [5.74, 6) is 1.74. The Morgan fingerprint density at radius 1 is 1.15 bits per heavy atom. The topological polar surface area (TPSA) is 48.0 Å². The number of nitrogens with zero attached hydrogens (tertiary/aromatic N) is 1. The van der Waals surface area contributed by atoms with Gasteiger partial charge in [-0.1, -0.05) is 53.8 Å². The van der Waals surface area contributed by atoms with Gasteiger partial charge in [0.05, 0.1) is 29.7 Å². The second kappa shape index (κ2) is 12.3. The Kier molecular flexibility index (Phi) is 9.45. The predicted octanol–water partition coefficient (Wildman–Crippen LogP) is 6.59. The van der Waals surface area contributed by atoms with E-state index >= 15 is 0 Å². The van der Waals surface area contributed by atoms with Crippen molar-refractivity contribution in [2.45, 2.75) is 27.2 Å². The van der Waals surface area contributed by atoms with E-state index < -0.39 is 0 Å². The number of carbonyl (C=O) groups excluding carboxylic acids is 1. The fourth-order valence-corrected chi connectivity index (χ4v) is 4.86. The van der Waals surface area contributed by atoms with Crippen molar-refractivity contribution in [3.63, 3.8) is 0 Å². The van der Waals surface area contributed by atoms with Crippen LogP contribution in [0.1, 0.15) is 30.0 Å². The summed E-state index contributed by atoms with van der Waals surface area (Å²) < 4.78 is 18.1. The third kappa shape index (κ3) is 6.34. The Morgan fingerprint density at radius 3 is 2.65 bits per heavy atom. The molecular formula is C26H28ClNO4S2. The number of hydrogen-bond donors (Lipinski definition) is 0. The number of halogens is 1. The first-order chi connectivity index (χ1) is 16.3. The van der Waals surface area contributed by atoms with Crippen LogP contribution in [0, 0.1) is 13.8 Å². The van der Waals surface area contributed by atoms with E-state index in [1.165, 1.54) is 22.2 Å². The summed E-state index contributed by atoms with van der Waals surface area (Å²) in [7, 11) is 0. The summed E-state index contributed by atoms with van der Waals surface area (Å²) in [4.78, 5) is 14.7. The van der Waals surface area contributed by atoms with Gasteiger partial charge in [0.2, 0.25) is 0 Å². The average molecular weight is 518 g/mol. The minimum atomic E-state index is -0.145. The molecule has 2 aromatic carbocycles. The van der Waals surface area contributed by atoms with Crippen LogP contribution in [0.25, 0.3) is 6.08 Å². The van der Waals surface area contributed by atoms with E-state index in [4.69, 9.17) is 38.0 Å². The lowest BCUT2D eigenvalue weighted by Crippen LogP contribution is -2.27. The van der Waals surface area contributed by atoms with Crippen LogP contribution in [-0.2, 0) is 4.79 Å². The van der Waals surface area contributed by atoms with E-state index in [1.807, 2.05) is 32.0 Å². The lowest BCUT2D eigenvalue weighted by Gasteiger charge is -2.15. The van der Waals surface area contributed by atoms with E-state index in [0.29, 0.717) is 58.5 Å². The predicted molar refractivity (Wildman–Crippen MR) is 144 cm³/mol. The van der Waals surface area contributed by atoms with Gasteiger partial charge in [-0.2, -0.15) is 0 Å². The Morgan fingerprint density at radius 2 is 1.91 bits per heavy atom. The van der Waals surface area contributed by atoms with Crippen LogP contribution in [0.4, 0.5) is 0 Å². The number of thiocarbonyl (C=S) groups is 1. The molecule has 1 amide bonds. The number of benzene rings is 2. The number of amides is 1. The van der Waals surface area contributed by atoms with Crippen molar-refractivity contribution in [2.24, 2.45) is 0 Å². The highest BCUT2D eigenvalue weighted by molar-refractivity contribution is 8.26. The smallest absolute Gasteiger partial charge is 0.266 e. The molecule has 0 atom stereocenters. The van der Waals surface area contributed by atoms with Crippen molar-refractivity contribution in [3.05, 3.63) is 69.6 Å². The van der Waals surface area contributed by atoms with Crippen molar-refractivity contribution in [2.75, 3.05) is 26.4 Å². The van der Waals surface area contributed by atoms with Gasteiger partial charge in [0.25, 0.3) is 5.91 Å². The van der Waals surface area contributed by atoms with Gasteiger partial charge < -0.3 is 14.2 Å². The largest absolute Gasteiger partial charge is 0.493 e. The maximum absolute atomic E-state index is 12.6. The van der Waals surface area contributed by atoms with Gasteiger partial charge in [0.1, 0.15) is 10.1 Å². The molecule has 0 radical (unpaired) electrons. The van der Waals surface area contributed by atoms with Gasteiger partial charge in [0, 0.05) is 13.0 Å². The number of rotatable bonds is 11. The zero-order chi connectivity index (χ0) is 24.7. The Bertz CT molecular complexity index is 1120. The van der Waals surface area contributed by atoms with Crippen molar-refractivity contribution in [3.8, 4) is 17.2 Å². The highest BCUT2D eigenvalue weighted by atomic mass is 35.5. The molecule has 1 fully saturated rings. The fourth-order valence-electron chi connectivity index (χ4n) is 3.31. The average Bonchev–Trinajstić information content (AvgIpc) is 3.05. The molecule has 1 aliphatic rings. The normalized spacial score (nSPS) is 14.6. The quantitative estimate of drug-likeness (QED) is 0.145. The van der Waals surface area contributed by atoms with Crippen LogP contribution < -0.4 is 14.2 Å². The zero-order valence-electron chi connectivity index (χ0n) is 19.6. The summed E-state index contributed by atoms with van der Waals surface area (Å²) in [6.07, 6.45) is 4.10. The first kappa shape index (κ1) is 26.1. The Labute approximate surface area is 215 Å². The van der Waals surface area contributed by atoms with Crippen molar-refractivity contribution < 1.29 is 19.0 Å². The minimum Gasteiger partial charge on any atom is -0.493 e. The molecule has 0 N–H and O–H groups in total. The number of thioether (sulfide) groups is 1. The minimum absolute atomic E-state index is 0.145. The van der Waals surface area contributed by atoms with Gasteiger partial charge >= 0.3 is 0 Å². The monoisotopic (exact) mass is 517 g/mol. The number of aryl methyl sites for hydroxylation is 1. The SMILES string of the molecule is C=CCN1C(=O)/C(=C\c2cc(Cl)c(OCCCOc3cccc(C)c3C)c(OCC)c2)SC1=S. The molecule has 2 aromatic rings. The van der Waals surface area contributed by atoms with E-state index in [-0.39, 0.29) is 5.91 Å². The number of ether oxygens (including phenoxy) is 3. The van der Waals surface area contributed by atoms with Crippen LogP contribution >= 0.6 is 35.6 Å². The highest BCUT2D eigenvalue weighted by Gasteiger charge is 2.31. The number of hydrogen-bond acceptors (Lipinski definition) is 6. The van der Waals surface area contributed by atoms with Gasteiger partial charge in [-0.25, -0.2) is 0 Å². The molecule has 34 heavy (non-hydrogen) atoms. The van der Waals surface area contributed by atoms with E-state index in [0.717, 1.165) is 16.9 Å². The second-order valence-electron chi connectivity index (χ2n) is 7.59. The van der Waals surface area contributed by atoms with Crippen LogP contribution in [0.3, 0.4) is 0 Å². The molecule has 0 spiro atoms. The molecule has 0 unspecified atom stereocenters. The maximum Gasteiger partial charge on any atom is 0.266 e. The molecule has 0 saturated carbocycles. The lowest BCUT2D eigenvalue weighted by atomic mass is 10.1. The number of carbonyl (C=O) groups is 1. The Hall–Kier alpha value is -2.48. The van der Waals surface area contributed by atoms with Crippen molar-refractivity contribution in [1.82, 2.24) is 4.90 Å². The summed E-state index contributed by atoms with van der Waals surface area (Å²) >= 11 is 13.1. The van der Waals surface area contributed by atoms with Crippen LogP contribution in [0.2, 0.25) is 5.02 Å².